The molecular formula is C25H27N3O7. The van der Waals surface area contributed by atoms with Gasteiger partial charge in [0.05, 0.1) is 26.7 Å². The fourth-order valence-corrected chi connectivity index (χ4v) is 3.68. The number of aliphatic carboxylic acids is 1. The van der Waals surface area contributed by atoms with Crippen LogP contribution in [0.25, 0.3) is 11.1 Å². The molecular weight excluding hydrogens is 454 g/mol. The minimum atomic E-state index is -1.40. The number of carbonyl (C=O) groups is 4. The van der Waals surface area contributed by atoms with E-state index in [9.17, 15) is 24.3 Å². The minimum absolute atomic E-state index is 0.441. The van der Waals surface area contributed by atoms with E-state index >= 15 is 0 Å². The number of methoxy groups -OCH3 is 2. The van der Waals surface area contributed by atoms with Gasteiger partial charge < -0.3 is 30.1 Å². The van der Waals surface area contributed by atoms with Gasteiger partial charge in [-0.15, -0.1) is 0 Å². The summed E-state index contributed by atoms with van der Waals surface area (Å²) in [4.78, 5) is 50.3. The summed E-state index contributed by atoms with van der Waals surface area (Å²) in [6.07, 6.45) is 0.827. The van der Waals surface area contributed by atoms with Crippen LogP contribution in [0, 0.1) is 0 Å². The second-order valence-corrected chi connectivity index (χ2v) is 8.01. The molecule has 0 radical (unpaired) electrons. The molecule has 2 unspecified atom stereocenters. The number of rotatable bonds is 8. The number of carboxylic acid groups (broad SMARTS) is 1. The Kier molecular flexibility index (Phi) is 7.75. The number of hydrogen-bond donors (Lipinski definition) is 3. The van der Waals surface area contributed by atoms with E-state index in [-0.39, 0.29) is 0 Å². The topological polar surface area (TPSA) is 134 Å². The van der Waals surface area contributed by atoms with Crippen LogP contribution < -0.4 is 20.1 Å². The van der Waals surface area contributed by atoms with Crippen molar-refractivity contribution in [1.82, 2.24) is 15.5 Å². The number of nitrogens with zero attached hydrogens (tertiary/aromatic N) is 1. The average molecular weight is 482 g/mol. The normalized spacial score (nSPS) is 16.3. The lowest BCUT2D eigenvalue weighted by molar-refractivity contribution is -0.138. The van der Waals surface area contributed by atoms with Crippen LogP contribution in [-0.4, -0.2) is 61.0 Å². The SMILES string of the molecule is COc1cccc(-c2cc(OC)cc(C(CC(=O)O)NC(=O)NC3C(=O)C=C(C)N(C)C3=O)c2)c1. The summed E-state index contributed by atoms with van der Waals surface area (Å²) in [6, 6.07) is 9.20. The predicted octanol–water partition coefficient (Wildman–Crippen LogP) is 2.50. The summed E-state index contributed by atoms with van der Waals surface area (Å²) in [5.74, 6) is -1.19. The second kappa shape index (κ2) is 10.7. The van der Waals surface area contributed by atoms with Crippen LogP contribution in [0.4, 0.5) is 4.79 Å². The van der Waals surface area contributed by atoms with Crippen LogP contribution >= 0.6 is 0 Å². The second-order valence-electron chi connectivity index (χ2n) is 8.01. The van der Waals surface area contributed by atoms with Crippen molar-refractivity contribution in [1.29, 1.82) is 0 Å². The van der Waals surface area contributed by atoms with Gasteiger partial charge in [0.25, 0.3) is 5.91 Å². The monoisotopic (exact) mass is 481 g/mol. The lowest BCUT2D eigenvalue weighted by Gasteiger charge is -2.28. The Bertz CT molecular complexity index is 1190. The highest BCUT2D eigenvalue weighted by molar-refractivity contribution is 6.15. The largest absolute Gasteiger partial charge is 0.497 e. The molecule has 10 nitrogen and oxygen atoms in total. The lowest BCUT2D eigenvalue weighted by atomic mass is 9.97. The van der Waals surface area contributed by atoms with Gasteiger partial charge in [-0.05, 0) is 53.9 Å². The quantitative estimate of drug-likeness (QED) is 0.493. The Balaban J connectivity index is 1.90. The van der Waals surface area contributed by atoms with E-state index in [1.807, 2.05) is 18.2 Å². The van der Waals surface area contributed by atoms with Crippen LogP contribution in [0.1, 0.15) is 24.9 Å². The molecule has 3 rings (SSSR count). The predicted molar refractivity (Wildman–Crippen MR) is 127 cm³/mol. The zero-order valence-corrected chi connectivity index (χ0v) is 19.8. The van der Waals surface area contributed by atoms with Gasteiger partial charge in [-0.25, -0.2) is 4.79 Å². The molecule has 0 aliphatic carbocycles. The van der Waals surface area contributed by atoms with E-state index in [0.29, 0.717) is 22.8 Å². The Labute approximate surface area is 202 Å². The third-order valence-corrected chi connectivity index (χ3v) is 5.67. The molecule has 3 N–H and O–H groups in total. The number of amides is 3. The fourth-order valence-electron chi connectivity index (χ4n) is 3.68. The maximum atomic E-state index is 12.7. The number of ether oxygens (including phenoxy) is 2. The number of likely N-dealkylation sites (N-methyl/N-ethyl adjacent to an activating group) is 1. The molecule has 1 aliphatic heterocycles. The molecule has 0 spiro atoms. The molecule has 1 heterocycles. The summed E-state index contributed by atoms with van der Waals surface area (Å²) in [7, 11) is 4.53. The van der Waals surface area contributed by atoms with Crippen molar-refractivity contribution in [2.75, 3.05) is 21.3 Å². The maximum Gasteiger partial charge on any atom is 0.316 e. The molecule has 0 aromatic heterocycles. The molecule has 2 atom stereocenters. The van der Waals surface area contributed by atoms with Crippen LogP contribution in [0.5, 0.6) is 11.5 Å². The third kappa shape index (κ3) is 5.97. The van der Waals surface area contributed by atoms with Crippen molar-refractivity contribution in [3.63, 3.8) is 0 Å². The Hall–Kier alpha value is -4.34. The molecule has 10 heteroatoms. The first-order chi connectivity index (χ1) is 16.6. The molecule has 35 heavy (non-hydrogen) atoms. The minimum Gasteiger partial charge on any atom is -0.497 e. The van der Waals surface area contributed by atoms with Crippen LogP contribution in [0.15, 0.2) is 54.2 Å². The molecule has 0 saturated carbocycles. The van der Waals surface area contributed by atoms with Crippen LogP contribution in [-0.2, 0) is 14.4 Å². The van der Waals surface area contributed by atoms with Gasteiger partial charge in [-0.2, -0.15) is 0 Å². The number of carbonyl (C=O) groups excluding carboxylic acids is 3. The standard InChI is InChI=1S/C25H27N3O7/c1-14-8-21(29)23(24(32)28(14)2)27-25(33)26-20(13-22(30)31)17-9-16(11-19(12-17)35-4)15-6-5-7-18(10-15)34-3/h5-12,20,23H,13H2,1-4H3,(H,30,31)(H2,26,27,33). The molecule has 3 amide bonds. The summed E-state index contributed by atoms with van der Waals surface area (Å²) in [5.41, 5.74) is 2.44. The van der Waals surface area contributed by atoms with Gasteiger partial charge in [0.15, 0.2) is 11.8 Å². The molecule has 0 bridgehead atoms. The first-order valence-electron chi connectivity index (χ1n) is 10.7. The third-order valence-electron chi connectivity index (χ3n) is 5.67. The summed E-state index contributed by atoms with van der Waals surface area (Å²) >= 11 is 0. The number of ketones is 1. The van der Waals surface area contributed by atoms with Crippen molar-refractivity contribution in [2.45, 2.75) is 25.4 Å². The van der Waals surface area contributed by atoms with Crippen molar-refractivity contribution < 1.29 is 33.8 Å². The number of urea groups is 1. The molecule has 2 aromatic carbocycles. The van der Waals surface area contributed by atoms with Crippen molar-refractivity contribution in [3.05, 3.63) is 59.8 Å². The van der Waals surface area contributed by atoms with E-state index in [1.165, 1.54) is 25.1 Å². The zero-order valence-electron chi connectivity index (χ0n) is 19.8. The first kappa shape index (κ1) is 25.3. The molecule has 184 valence electrons. The summed E-state index contributed by atoms with van der Waals surface area (Å²) in [6.45, 7) is 1.61. The van der Waals surface area contributed by atoms with Crippen LogP contribution in [0.2, 0.25) is 0 Å². The van der Waals surface area contributed by atoms with E-state index < -0.39 is 42.2 Å². The van der Waals surface area contributed by atoms with Gasteiger partial charge >= 0.3 is 12.0 Å². The first-order valence-corrected chi connectivity index (χ1v) is 10.7. The van der Waals surface area contributed by atoms with Crippen molar-refractivity contribution in [3.8, 4) is 22.6 Å². The number of carboxylic acids is 1. The number of hydrogen-bond acceptors (Lipinski definition) is 6. The van der Waals surface area contributed by atoms with Gasteiger partial charge in [-0.3, -0.25) is 14.4 Å². The number of benzene rings is 2. The Morgan fingerprint density at radius 1 is 1.06 bits per heavy atom. The highest BCUT2D eigenvalue weighted by Crippen LogP contribution is 2.31. The smallest absolute Gasteiger partial charge is 0.316 e. The summed E-state index contributed by atoms with van der Waals surface area (Å²) in [5, 5.41) is 14.4. The maximum absolute atomic E-state index is 12.7. The van der Waals surface area contributed by atoms with E-state index in [1.54, 1.807) is 38.3 Å². The molecule has 0 saturated heterocycles. The van der Waals surface area contributed by atoms with Crippen molar-refractivity contribution in [2.24, 2.45) is 0 Å². The van der Waals surface area contributed by atoms with E-state index in [2.05, 4.69) is 10.6 Å². The summed E-state index contributed by atoms with van der Waals surface area (Å²) < 4.78 is 10.7. The van der Waals surface area contributed by atoms with Gasteiger partial charge in [0.2, 0.25) is 0 Å². The van der Waals surface area contributed by atoms with Crippen molar-refractivity contribution >= 4 is 23.7 Å². The van der Waals surface area contributed by atoms with Gasteiger partial charge in [0, 0.05) is 18.8 Å². The van der Waals surface area contributed by atoms with Crippen LogP contribution in [0.3, 0.4) is 0 Å². The Morgan fingerprint density at radius 3 is 2.40 bits per heavy atom. The van der Waals surface area contributed by atoms with Gasteiger partial charge in [0.1, 0.15) is 11.5 Å². The number of allylic oxidation sites excluding steroid dienone is 1. The fraction of sp³-hybridized carbons (Fsp3) is 0.280. The molecule has 0 fully saturated rings. The average Bonchev–Trinajstić information content (AvgIpc) is 2.84. The lowest BCUT2D eigenvalue weighted by Crippen LogP contribution is -2.56. The molecule has 1 aliphatic rings. The molecule has 2 aromatic rings. The highest BCUT2D eigenvalue weighted by atomic mass is 16.5. The van der Waals surface area contributed by atoms with E-state index in [4.69, 9.17) is 9.47 Å². The zero-order chi connectivity index (χ0) is 25.7. The van der Waals surface area contributed by atoms with E-state index in [0.717, 1.165) is 11.1 Å². The highest BCUT2D eigenvalue weighted by Gasteiger charge is 2.34. The number of nitrogens with one attached hydrogen (secondary N) is 2. The van der Waals surface area contributed by atoms with Gasteiger partial charge in [-0.1, -0.05) is 12.1 Å². The Morgan fingerprint density at radius 2 is 1.74 bits per heavy atom.